The van der Waals surface area contributed by atoms with E-state index < -0.39 is 13.5 Å². The maximum absolute atomic E-state index is 11.5. The molecule has 0 aliphatic carbocycles. The molecule has 7 heteroatoms. The average molecular weight is 211 g/mol. The van der Waals surface area contributed by atoms with Gasteiger partial charge < -0.3 is 19.9 Å². The molecule has 0 aliphatic rings. The predicted molar refractivity (Wildman–Crippen MR) is 46.3 cm³/mol. The molecule has 0 spiro atoms. The van der Waals surface area contributed by atoms with Crippen molar-refractivity contribution in [2.75, 3.05) is 26.5 Å². The molecule has 0 fully saturated rings. The summed E-state index contributed by atoms with van der Waals surface area (Å²) in [5, 5.41) is 8.41. The fraction of sp³-hybridized carbons (Fsp3) is 0.833. The average Bonchev–Trinajstić information content (AvgIpc) is 2.11. The molecule has 1 unspecified atom stereocenters. The molecule has 1 atom stereocenters. The highest BCUT2D eigenvalue weighted by atomic mass is 31.2. The van der Waals surface area contributed by atoms with Gasteiger partial charge in [-0.3, -0.25) is 9.36 Å². The lowest BCUT2D eigenvalue weighted by molar-refractivity contribution is -0.117. The summed E-state index contributed by atoms with van der Waals surface area (Å²) >= 11 is 0. The van der Waals surface area contributed by atoms with Crippen LogP contribution in [-0.2, 0) is 18.4 Å². The van der Waals surface area contributed by atoms with E-state index in [4.69, 9.17) is 15.4 Å². The lowest BCUT2D eigenvalue weighted by atomic mass is 10.5. The number of hydrogen-bond donors (Lipinski definition) is 2. The summed E-state index contributed by atoms with van der Waals surface area (Å²) < 4.78 is 20.8. The molecule has 0 heterocycles. The van der Waals surface area contributed by atoms with Crippen LogP contribution in [0, 0.1) is 0 Å². The molecule has 0 bridgehead atoms. The fourth-order valence-electron chi connectivity index (χ4n) is 0.636. The number of aliphatic hydroxyl groups is 1. The first-order chi connectivity index (χ1) is 6.04. The van der Waals surface area contributed by atoms with Gasteiger partial charge >= 0.3 is 7.60 Å². The van der Waals surface area contributed by atoms with Crippen molar-refractivity contribution in [2.45, 2.75) is 6.42 Å². The second kappa shape index (κ2) is 6.10. The van der Waals surface area contributed by atoms with Gasteiger partial charge in [0.2, 0.25) is 5.91 Å². The number of nitrogens with two attached hydrogens (primary N) is 1. The molecule has 0 saturated heterocycles. The van der Waals surface area contributed by atoms with Crippen LogP contribution < -0.4 is 5.73 Å². The number of carbonyl (C=O) groups is 1. The highest BCUT2D eigenvalue weighted by molar-refractivity contribution is 7.53. The molecule has 0 aromatic heterocycles. The van der Waals surface area contributed by atoms with Crippen molar-refractivity contribution >= 4 is 13.5 Å². The van der Waals surface area contributed by atoms with Crippen LogP contribution in [0.25, 0.3) is 0 Å². The number of carbonyl (C=O) groups excluding carboxylic acids is 1. The topological polar surface area (TPSA) is 98.9 Å². The number of amides is 1. The zero-order chi connectivity index (χ0) is 10.3. The number of hydrogen-bond acceptors (Lipinski definition) is 5. The summed E-state index contributed by atoms with van der Waals surface area (Å²) in [6.45, 7) is -0.326. The molecule has 3 N–H and O–H groups in total. The molecular weight excluding hydrogens is 197 g/mol. The van der Waals surface area contributed by atoms with Gasteiger partial charge in [-0.15, -0.1) is 0 Å². The van der Waals surface area contributed by atoms with Gasteiger partial charge in [0.15, 0.2) is 0 Å². The number of primary amides is 1. The summed E-state index contributed by atoms with van der Waals surface area (Å²) in [4.78, 5) is 10.4. The Morgan fingerprint density at radius 1 is 1.62 bits per heavy atom. The molecule has 0 rings (SSSR count). The zero-order valence-electron chi connectivity index (χ0n) is 7.43. The Morgan fingerprint density at radius 2 is 2.23 bits per heavy atom. The lowest BCUT2D eigenvalue weighted by Crippen LogP contribution is -2.13. The monoisotopic (exact) mass is 211 g/mol. The molecule has 0 aromatic rings. The van der Waals surface area contributed by atoms with Gasteiger partial charge in [-0.05, 0) is 0 Å². The molecular formula is C6H14NO5P. The van der Waals surface area contributed by atoms with Crippen molar-refractivity contribution in [2.24, 2.45) is 5.73 Å². The zero-order valence-corrected chi connectivity index (χ0v) is 8.33. The van der Waals surface area contributed by atoms with E-state index in [9.17, 15) is 9.36 Å². The third-order valence-electron chi connectivity index (χ3n) is 1.29. The summed E-state index contributed by atoms with van der Waals surface area (Å²) in [5.74, 6) is -0.565. The molecule has 13 heavy (non-hydrogen) atoms. The van der Waals surface area contributed by atoms with Crippen LogP contribution >= 0.6 is 7.60 Å². The maximum atomic E-state index is 11.5. The van der Waals surface area contributed by atoms with Gasteiger partial charge in [0.25, 0.3) is 0 Å². The van der Waals surface area contributed by atoms with E-state index in [0.29, 0.717) is 0 Å². The van der Waals surface area contributed by atoms with E-state index in [1.807, 2.05) is 0 Å². The van der Waals surface area contributed by atoms with Crippen molar-refractivity contribution in [1.82, 2.24) is 0 Å². The van der Waals surface area contributed by atoms with Crippen LogP contribution in [-0.4, -0.2) is 37.5 Å². The lowest BCUT2D eigenvalue weighted by Gasteiger charge is -2.14. The van der Waals surface area contributed by atoms with Crippen molar-refractivity contribution in [1.29, 1.82) is 0 Å². The van der Waals surface area contributed by atoms with Crippen LogP contribution in [0.15, 0.2) is 0 Å². The Bertz CT molecular complexity index is 207. The van der Waals surface area contributed by atoms with Crippen molar-refractivity contribution in [3.63, 3.8) is 0 Å². The Balaban J connectivity index is 3.96. The Kier molecular flexibility index (Phi) is 5.90. The summed E-state index contributed by atoms with van der Waals surface area (Å²) in [6.07, 6.45) is -0.116. The van der Waals surface area contributed by atoms with Crippen LogP contribution in [0.4, 0.5) is 0 Å². The predicted octanol–water partition coefficient (Wildman–Crippen LogP) is -0.290. The third kappa shape index (κ3) is 5.76. The van der Waals surface area contributed by atoms with Gasteiger partial charge in [-0.25, -0.2) is 0 Å². The second-order valence-electron chi connectivity index (χ2n) is 2.29. The Labute approximate surface area is 76.5 Å². The van der Waals surface area contributed by atoms with E-state index >= 15 is 0 Å². The highest BCUT2D eigenvalue weighted by Gasteiger charge is 2.22. The maximum Gasteiger partial charge on any atom is 0.331 e. The molecule has 6 nitrogen and oxygen atoms in total. The van der Waals surface area contributed by atoms with Gasteiger partial charge in [-0.1, -0.05) is 0 Å². The van der Waals surface area contributed by atoms with E-state index in [2.05, 4.69) is 4.52 Å². The first-order valence-corrected chi connectivity index (χ1v) is 5.45. The third-order valence-corrected chi connectivity index (χ3v) is 3.19. The van der Waals surface area contributed by atoms with Crippen LogP contribution in [0.2, 0.25) is 0 Å². The Hall–Kier alpha value is -0.420. The van der Waals surface area contributed by atoms with Crippen LogP contribution in [0.5, 0.6) is 0 Å². The molecule has 0 aliphatic heterocycles. The quantitative estimate of drug-likeness (QED) is 0.564. The minimum atomic E-state index is -3.23. The summed E-state index contributed by atoms with van der Waals surface area (Å²) in [7, 11) is -2.01. The largest absolute Gasteiger partial charge is 0.394 e. The normalized spacial score (nSPS) is 15.2. The van der Waals surface area contributed by atoms with Crippen LogP contribution in [0.3, 0.4) is 0 Å². The van der Waals surface area contributed by atoms with Gasteiger partial charge in [0, 0.05) is 13.5 Å². The number of aliphatic hydroxyl groups excluding tert-OH is 1. The van der Waals surface area contributed by atoms with E-state index in [0.717, 1.165) is 0 Å². The van der Waals surface area contributed by atoms with Crippen molar-refractivity contribution in [3.05, 3.63) is 0 Å². The van der Waals surface area contributed by atoms with Gasteiger partial charge in [0.1, 0.15) is 0 Å². The van der Waals surface area contributed by atoms with Crippen molar-refractivity contribution < 1.29 is 23.5 Å². The first-order valence-electron chi connectivity index (χ1n) is 3.72. The second-order valence-corrected chi connectivity index (χ2v) is 4.58. The fourth-order valence-corrected chi connectivity index (χ4v) is 1.91. The molecule has 0 saturated carbocycles. The summed E-state index contributed by atoms with van der Waals surface area (Å²) in [5.41, 5.74) is 4.86. The van der Waals surface area contributed by atoms with Gasteiger partial charge in [0.05, 0.1) is 19.4 Å². The highest BCUT2D eigenvalue weighted by Crippen LogP contribution is 2.47. The molecule has 78 valence electrons. The van der Waals surface area contributed by atoms with Gasteiger partial charge in [-0.2, -0.15) is 0 Å². The molecule has 1 amide bonds. The summed E-state index contributed by atoms with van der Waals surface area (Å²) in [6, 6.07) is 0. The number of rotatable bonds is 7. The smallest absolute Gasteiger partial charge is 0.331 e. The Morgan fingerprint density at radius 3 is 2.62 bits per heavy atom. The van der Waals surface area contributed by atoms with Crippen molar-refractivity contribution in [3.8, 4) is 0 Å². The SMILES string of the molecule is COP(=O)(CCC(N)=O)OCCO. The minimum absolute atomic E-state index is 0.0567. The van der Waals surface area contributed by atoms with E-state index in [-0.39, 0.29) is 25.8 Å². The van der Waals surface area contributed by atoms with E-state index in [1.165, 1.54) is 7.11 Å². The first kappa shape index (κ1) is 12.6. The molecule has 0 aromatic carbocycles. The van der Waals surface area contributed by atoms with Crippen LogP contribution in [0.1, 0.15) is 6.42 Å². The molecule has 0 radical (unpaired) electrons. The standard InChI is InChI=1S/C6H14NO5P/c1-11-13(10,12-4-3-8)5-2-6(7)9/h8H,2-5H2,1H3,(H2,7,9). The van der Waals surface area contributed by atoms with E-state index in [1.54, 1.807) is 0 Å². The minimum Gasteiger partial charge on any atom is -0.394 e.